The van der Waals surface area contributed by atoms with Crippen LogP contribution < -0.4 is 9.47 Å². The van der Waals surface area contributed by atoms with E-state index in [9.17, 15) is 5.11 Å². The highest BCUT2D eigenvalue weighted by molar-refractivity contribution is 5.68. The van der Waals surface area contributed by atoms with E-state index in [-0.39, 0.29) is 12.0 Å². The molecule has 1 aromatic heterocycles. The van der Waals surface area contributed by atoms with Crippen LogP contribution in [-0.2, 0) is 6.54 Å². The molecule has 1 saturated heterocycles. The number of nitrogens with zero attached hydrogens (tertiary/aromatic N) is 2. The van der Waals surface area contributed by atoms with Gasteiger partial charge in [-0.3, -0.25) is 4.90 Å². The molecule has 2 aromatic rings. The van der Waals surface area contributed by atoms with Gasteiger partial charge in [0.15, 0.2) is 0 Å². The van der Waals surface area contributed by atoms with Crippen LogP contribution >= 0.6 is 0 Å². The van der Waals surface area contributed by atoms with Gasteiger partial charge < -0.3 is 19.0 Å². The molecule has 0 bridgehead atoms. The van der Waals surface area contributed by atoms with Gasteiger partial charge in [0.2, 0.25) is 5.89 Å². The number of ether oxygens (including phenoxy) is 2. The lowest BCUT2D eigenvalue weighted by Gasteiger charge is -2.39. The van der Waals surface area contributed by atoms with Crippen molar-refractivity contribution in [3.63, 3.8) is 0 Å². The van der Waals surface area contributed by atoms with Crippen LogP contribution in [0.4, 0.5) is 0 Å². The van der Waals surface area contributed by atoms with Crippen molar-refractivity contribution in [2.75, 3.05) is 33.9 Å². The van der Waals surface area contributed by atoms with Crippen LogP contribution in [0.2, 0.25) is 0 Å². The molecule has 27 heavy (non-hydrogen) atoms. The largest absolute Gasteiger partial charge is 0.496 e. The Labute approximate surface area is 161 Å². The summed E-state index contributed by atoms with van der Waals surface area (Å²) in [6, 6.07) is 3.83. The molecule has 1 aliphatic heterocycles. The van der Waals surface area contributed by atoms with Crippen molar-refractivity contribution in [2.45, 2.75) is 40.2 Å². The predicted molar refractivity (Wildman–Crippen MR) is 104 cm³/mol. The van der Waals surface area contributed by atoms with Crippen LogP contribution in [0.15, 0.2) is 16.5 Å². The molecule has 0 unspecified atom stereocenters. The van der Waals surface area contributed by atoms with Crippen molar-refractivity contribution in [1.29, 1.82) is 0 Å². The van der Waals surface area contributed by atoms with Gasteiger partial charge in [0.05, 0.1) is 25.5 Å². The number of benzene rings is 1. The Morgan fingerprint density at radius 3 is 2.70 bits per heavy atom. The van der Waals surface area contributed by atoms with E-state index in [0.29, 0.717) is 11.6 Å². The predicted octanol–water partition coefficient (Wildman–Crippen LogP) is 3.57. The van der Waals surface area contributed by atoms with E-state index in [1.54, 1.807) is 14.2 Å². The minimum absolute atomic E-state index is 0.0327. The standard InChI is InChI=1S/C21H30N2O4/c1-14-18(25-4)8-7-16(19(14)26-5)20-22-17(15(2)27-20)11-23-10-6-9-21(3,12-23)13-24/h7-8,24H,6,9-13H2,1-5H3/t21-/m1/s1. The molecule has 1 atom stereocenters. The van der Waals surface area contributed by atoms with Crippen molar-refractivity contribution in [3.8, 4) is 23.0 Å². The van der Waals surface area contributed by atoms with Gasteiger partial charge in [0, 0.05) is 30.7 Å². The maximum atomic E-state index is 9.68. The fourth-order valence-electron chi connectivity index (χ4n) is 3.92. The molecule has 0 spiro atoms. The third-order valence-corrected chi connectivity index (χ3v) is 5.52. The van der Waals surface area contributed by atoms with Crippen molar-refractivity contribution >= 4 is 0 Å². The second kappa shape index (κ2) is 7.90. The van der Waals surface area contributed by atoms with E-state index in [1.165, 1.54) is 0 Å². The van der Waals surface area contributed by atoms with Crippen molar-refractivity contribution in [2.24, 2.45) is 5.41 Å². The van der Waals surface area contributed by atoms with Gasteiger partial charge in [-0.15, -0.1) is 0 Å². The summed E-state index contributed by atoms with van der Waals surface area (Å²) in [5, 5.41) is 9.68. The molecule has 0 amide bonds. The van der Waals surface area contributed by atoms with E-state index in [0.717, 1.165) is 60.8 Å². The van der Waals surface area contributed by atoms with Crippen molar-refractivity contribution < 1.29 is 19.0 Å². The van der Waals surface area contributed by atoms with E-state index in [2.05, 4.69) is 11.8 Å². The second-order valence-electron chi connectivity index (χ2n) is 7.78. The first kappa shape index (κ1) is 19.7. The first-order valence-corrected chi connectivity index (χ1v) is 9.42. The second-order valence-corrected chi connectivity index (χ2v) is 7.78. The van der Waals surface area contributed by atoms with Gasteiger partial charge in [-0.05, 0) is 45.4 Å². The fraction of sp³-hybridized carbons (Fsp3) is 0.571. The van der Waals surface area contributed by atoms with Crippen molar-refractivity contribution in [1.82, 2.24) is 9.88 Å². The highest BCUT2D eigenvalue weighted by atomic mass is 16.5. The van der Waals surface area contributed by atoms with Gasteiger partial charge in [0.25, 0.3) is 0 Å². The summed E-state index contributed by atoms with van der Waals surface area (Å²) in [6.07, 6.45) is 2.15. The lowest BCUT2D eigenvalue weighted by molar-refractivity contribution is 0.0422. The number of rotatable bonds is 6. The zero-order chi connectivity index (χ0) is 19.6. The number of aliphatic hydroxyl groups is 1. The Hall–Kier alpha value is -2.05. The fourth-order valence-corrected chi connectivity index (χ4v) is 3.92. The minimum Gasteiger partial charge on any atom is -0.496 e. The molecule has 1 N–H and O–H groups in total. The lowest BCUT2D eigenvalue weighted by atomic mass is 9.83. The molecule has 6 nitrogen and oxygen atoms in total. The van der Waals surface area contributed by atoms with E-state index in [4.69, 9.17) is 18.9 Å². The summed E-state index contributed by atoms with van der Waals surface area (Å²) in [7, 11) is 3.29. The number of likely N-dealkylation sites (tertiary alicyclic amines) is 1. The highest BCUT2D eigenvalue weighted by Crippen LogP contribution is 2.38. The first-order valence-electron chi connectivity index (χ1n) is 9.42. The normalized spacial score (nSPS) is 20.7. The Morgan fingerprint density at radius 1 is 1.26 bits per heavy atom. The zero-order valence-electron chi connectivity index (χ0n) is 17.0. The van der Waals surface area contributed by atoms with Gasteiger partial charge in [0.1, 0.15) is 17.3 Å². The molecule has 1 aromatic carbocycles. The molecular weight excluding hydrogens is 344 g/mol. The van der Waals surface area contributed by atoms with Gasteiger partial charge in [-0.25, -0.2) is 4.98 Å². The number of aromatic nitrogens is 1. The van der Waals surface area contributed by atoms with Crippen molar-refractivity contribution in [3.05, 3.63) is 29.2 Å². The highest BCUT2D eigenvalue weighted by Gasteiger charge is 2.31. The monoisotopic (exact) mass is 374 g/mol. The third kappa shape index (κ3) is 3.96. The number of aryl methyl sites for hydroxylation is 1. The summed E-state index contributed by atoms with van der Waals surface area (Å²) in [6.45, 7) is 8.88. The van der Waals surface area contributed by atoms with E-state index in [1.807, 2.05) is 26.0 Å². The number of aliphatic hydroxyl groups excluding tert-OH is 1. The summed E-state index contributed by atoms with van der Waals surface area (Å²) < 4.78 is 17.0. The maximum absolute atomic E-state index is 9.68. The van der Waals surface area contributed by atoms with E-state index >= 15 is 0 Å². The van der Waals surface area contributed by atoms with Crippen LogP contribution in [-0.4, -0.2) is 48.9 Å². The Balaban J connectivity index is 1.86. The summed E-state index contributed by atoms with van der Waals surface area (Å²) >= 11 is 0. The molecule has 1 aliphatic rings. The number of oxazole rings is 1. The summed E-state index contributed by atoms with van der Waals surface area (Å²) in [4.78, 5) is 7.11. The molecule has 6 heteroatoms. The van der Waals surface area contributed by atoms with Gasteiger partial charge in [-0.1, -0.05) is 6.92 Å². The zero-order valence-corrected chi connectivity index (χ0v) is 17.0. The van der Waals surface area contributed by atoms with Crippen LogP contribution in [0.3, 0.4) is 0 Å². The number of hydrogen-bond donors (Lipinski definition) is 1. The Kier molecular flexibility index (Phi) is 5.77. The van der Waals surface area contributed by atoms with Crippen LogP contribution in [0.25, 0.3) is 11.5 Å². The summed E-state index contributed by atoms with van der Waals surface area (Å²) in [5.74, 6) is 2.87. The van der Waals surface area contributed by atoms with Crippen LogP contribution in [0.1, 0.15) is 36.8 Å². The maximum Gasteiger partial charge on any atom is 0.230 e. The van der Waals surface area contributed by atoms with Gasteiger partial charge in [-0.2, -0.15) is 0 Å². The van der Waals surface area contributed by atoms with Gasteiger partial charge >= 0.3 is 0 Å². The molecule has 0 aliphatic carbocycles. The SMILES string of the molecule is COc1ccc(-c2nc(CN3CCC[C@@](C)(CO)C3)c(C)o2)c(OC)c1C. The van der Waals surface area contributed by atoms with Crippen LogP contribution in [0, 0.1) is 19.3 Å². The van der Waals surface area contributed by atoms with E-state index < -0.39 is 0 Å². The Morgan fingerprint density at radius 2 is 2.04 bits per heavy atom. The van der Waals surface area contributed by atoms with Crippen LogP contribution in [0.5, 0.6) is 11.5 Å². The smallest absolute Gasteiger partial charge is 0.230 e. The number of methoxy groups -OCH3 is 2. The molecule has 3 rings (SSSR count). The number of piperidine rings is 1. The molecular formula is C21H30N2O4. The minimum atomic E-state index is -0.0327. The quantitative estimate of drug-likeness (QED) is 0.834. The first-order chi connectivity index (χ1) is 12.9. The topological polar surface area (TPSA) is 68.0 Å². The molecule has 1 fully saturated rings. The Bertz CT molecular complexity index is 802. The molecule has 2 heterocycles. The molecule has 148 valence electrons. The average molecular weight is 374 g/mol. The third-order valence-electron chi connectivity index (χ3n) is 5.52. The lowest BCUT2D eigenvalue weighted by Crippen LogP contribution is -2.43. The number of hydrogen-bond acceptors (Lipinski definition) is 6. The molecule has 0 saturated carbocycles. The average Bonchev–Trinajstić information content (AvgIpc) is 3.01. The summed E-state index contributed by atoms with van der Waals surface area (Å²) in [5.41, 5.74) is 2.64. The molecule has 0 radical (unpaired) electrons.